The van der Waals surface area contributed by atoms with E-state index in [2.05, 4.69) is 27.5 Å². The van der Waals surface area contributed by atoms with Gasteiger partial charge in [-0.3, -0.25) is 19.4 Å². The van der Waals surface area contributed by atoms with Crippen molar-refractivity contribution in [3.8, 4) is 0 Å². The van der Waals surface area contributed by atoms with Crippen molar-refractivity contribution in [1.82, 2.24) is 14.9 Å². The highest BCUT2D eigenvalue weighted by atomic mass is 16.2. The van der Waals surface area contributed by atoms with Gasteiger partial charge in [0.1, 0.15) is 5.82 Å². The van der Waals surface area contributed by atoms with Crippen molar-refractivity contribution in [2.75, 3.05) is 24.2 Å². The number of carbonyl (C=O) groups is 3. The number of pyridine rings is 2. The first-order chi connectivity index (χ1) is 13.9. The predicted molar refractivity (Wildman–Crippen MR) is 108 cm³/mol. The van der Waals surface area contributed by atoms with Crippen LogP contribution in [0.25, 0.3) is 0 Å². The molecule has 0 bridgehead atoms. The number of hydrogen-bond donors (Lipinski definition) is 3. The van der Waals surface area contributed by atoms with Crippen LogP contribution >= 0.6 is 0 Å². The second kappa shape index (κ2) is 8.68. The third kappa shape index (κ3) is 4.68. The van der Waals surface area contributed by atoms with Crippen molar-refractivity contribution in [3.05, 3.63) is 47.9 Å². The number of aromatic nitrogens is 2. The molecule has 9 nitrogen and oxygen atoms in total. The van der Waals surface area contributed by atoms with Gasteiger partial charge in [-0.15, -0.1) is 0 Å². The van der Waals surface area contributed by atoms with Crippen molar-refractivity contribution in [2.45, 2.75) is 25.8 Å². The lowest BCUT2D eigenvalue weighted by Crippen LogP contribution is -2.46. The van der Waals surface area contributed by atoms with Crippen LogP contribution in [0.5, 0.6) is 0 Å². The third-order valence-electron chi connectivity index (χ3n) is 4.98. The zero-order valence-corrected chi connectivity index (χ0v) is 16.4. The normalized spacial score (nSPS) is 18.8. The monoisotopic (exact) mass is 396 g/mol. The van der Waals surface area contributed by atoms with Crippen LogP contribution in [0.3, 0.4) is 0 Å². The Hall–Kier alpha value is -3.49. The Bertz CT molecular complexity index is 915. The second-order valence-corrected chi connectivity index (χ2v) is 7.16. The van der Waals surface area contributed by atoms with E-state index in [1.165, 1.54) is 18.5 Å². The van der Waals surface area contributed by atoms with Gasteiger partial charge in [0.25, 0.3) is 0 Å². The summed E-state index contributed by atoms with van der Waals surface area (Å²) >= 11 is 0. The minimum absolute atomic E-state index is 0.149. The van der Waals surface area contributed by atoms with E-state index in [4.69, 9.17) is 5.73 Å². The molecule has 4 N–H and O–H groups in total. The molecule has 9 heteroatoms. The first kappa shape index (κ1) is 20.2. The van der Waals surface area contributed by atoms with Crippen molar-refractivity contribution in [3.63, 3.8) is 0 Å². The molecule has 3 rings (SSSR count). The predicted octanol–water partition coefficient (Wildman–Crippen LogP) is 1.56. The summed E-state index contributed by atoms with van der Waals surface area (Å²) in [5.41, 5.74) is 6.50. The maximum absolute atomic E-state index is 12.9. The summed E-state index contributed by atoms with van der Waals surface area (Å²) in [4.78, 5) is 46.6. The summed E-state index contributed by atoms with van der Waals surface area (Å²) in [6, 6.07) is 4.92. The van der Waals surface area contributed by atoms with Crippen LogP contribution in [0.2, 0.25) is 0 Å². The minimum atomic E-state index is -0.785. The molecule has 2 aromatic heterocycles. The molecular formula is C20H24N6O3. The topological polar surface area (TPSA) is 130 Å². The first-order valence-electron chi connectivity index (χ1n) is 9.39. The maximum atomic E-state index is 12.9. The van der Waals surface area contributed by atoms with Gasteiger partial charge in [0.15, 0.2) is 0 Å². The molecule has 0 spiro atoms. The molecule has 0 radical (unpaired) electrons. The zero-order valence-electron chi connectivity index (χ0n) is 16.4. The van der Waals surface area contributed by atoms with Crippen LogP contribution in [0.15, 0.2) is 36.8 Å². The highest BCUT2D eigenvalue weighted by Gasteiger charge is 2.34. The Kier molecular flexibility index (Phi) is 6.06. The van der Waals surface area contributed by atoms with E-state index in [-0.39, 0.29) is 23.2 Å². The van der Waals surface area contributed by atoms with Gasteiger partial charge < -0.3 is 21.3 Å². The number of rotatable bonds is 4. The van der Waals surface area contributed by atoms with Crippen LogP contribution in [0.4, 0.5) is 11.5 Å². The molecule has 3 amide bonds. The number of anilines is 2. The quantitative estimate of drug-likeness (QED) is 0.672. The fourth-order valence-corrected chi connectivity index (χ4v) is 3.43. The van der Waals surface area contributed by atoms with E-state index in [0.29, 0.717) is 6.54 Å². The Balaban J connectivity index is 1.78. The van der Waals surface area contributed by atoms with Gasteiger partial charge in [-0.1, -0.05) is 13.0 Å². The van der Waals surface area contributed by atoms with Gasteiger partial charge in [-0.2, -0.15) is 0 Å². The fraction of sp³-hybridized carbons (Fsp3) is 0.350. The minimum Gasteiger partial charge on any atom is -0.373 e. The molecule has 29 heavy (non-hydrogen) atoms. The third-order valence-corrected chi connectivity index (χ3v) is 4.98. The van der Waals surface area contributed by atoms with Gasteiger partial charge in [-0.05, 0) is 36.5 Å². The number of piperidine rings is 1. The van der Waals surface area contributed by atoms with Gasteiger partial charge >= 0.3 is 11.8 Å². The number of likely N-dealkylation sites (tertiary alicyclic amines) is 1. The van der Waals surface area contributed by atoms with E-state index in [0.717, 1.165) is 24.2 Å². The molecule has 0 saturated carbocycles. The Morgan fingerprint density at radius 3 is 2.62 bits per heavy atom. The molecule has 1 aliphatic heterocycles. The number of amides is 3. The lowest BCUT2D eigenvalue weighted by molar-refractivity contribution is -0.146. The lowest BCUT2D eigenvalue weighted by atomic mass is 9.90. The molecule has 0 aliphatic carbocycles. The van der Waals surface area contributed by atoms with E-state index < -0.39 is 17.7 Å². The number of primary amides is 1. The summed E-state index contributed by atoms with van der Waals surface area (Å²) in [6.07, 6.45) is 6.08. The SMILES string of the molecule is CNc1ccc(C2CCC(C)CN2C(=O)C(=O)Nc2cncc(C(N)=O)c2)cn1. The molecule has 1 saturated heterocycles. The Labute approximate surface area is 168 Å². The van der Waals surface area contributed by atoms with Crippen LogP contribution in [-0.4, -0.2) is 46.2 Å². The second-order valence-electron chi connectivity index (χ2n) is 7.16. The van der Waals surface area contributed by atoms with E-state index in [9.17, 15) is 14.4 Å². The largest absolute Gasteiger partial charge is 0.373 e. The smallest absolute Gasteiger partial charge is 0.313 e. The summed E-state index contributed by atoms with van der Waals surface area (Å²) in [5, 5.41) is 5.47. The zero-order chi connectivity index (χ0) is 21.0. The van der Waals surface area contributed by atoms with Gasteiger partial charge in [0.2, 0.25) is 5.91 Å². The highest BCUT2D eigenvalue weighted by molar-refractivity contribution is 6.39. The molecule has 1 aliphatic rings. The average molecular weight is 396 g/mol. The van der Waals surface area contributed by atoms with Crippen LogP contribution in [-0.2, 0) is 9.59 Å². The van der Waals surface area contributed by atoms with Gasteiger partial charge in [0, 0.05) is 26.0 Å². The number of nitrogens with one attached hydrogen (secondary N) is 2. The molecule has 2 unspecified atom stereocenters. The molecule has 2 aromatic rings. The molecule has 2 atom stereocenters. The van der Waals surface area contributed by atoms with Crippen molar-refractivity contribution < 1.29 is 14.4 Å². The Morgan fingerprint density at radius 2 is 1.97 bits per heavy atom. The highest BCUT2D eigenvalue weighted by Crippen LogP contribution is 2.33. The maximum Gasteiger partial charge on any atom is 0.313 e. The average Bonchev–Trinajstić information content (AvgIpc) is 2.73. The van der Waals surface area contributed by atoms with Crippen LogP contribution < -0.4 is 16.4 Å². The molecule has 0 aromatic carbocycles. The molecule has 1 fully saturated rings. The fourth-order valence-electron chi connectivity index (χ4n) is 3.43. The molecule has 3 heterocycles. The number of nitrogens with zero attached hydrogens (tertiary/aromatic N) is 3. The number of nitrogens with two attached hydrogens (primary N) is 1. The standard InChI is InChI=1S/C20H24N6O3/c1-12-3-5-16(13-4-6-17(22-2)24-9-13)26(11-12)20(29)19(28)25-15-7-14(18(21)27)8-23-10-15/h4,6-10,12,16H,3,5,11H2,1-2H3,(H2,21,27)(H,22,24)(H,25,28). The Morgan fingerprint density at radius 1 is 1.17 bits per heavy atom. The summed E-state index contributed by atoms with van der Waals surface area (Å²) < 4.78 is 0. The van der Waals surface area contributed by atoms with E-state index in [1.54, 1.807) is 18.1 Å². The van der Waals surface area contributed by atoms with Gasteiger partial charge in [-0.25, -0.2) is 4.98 Å². The molecule has 152 valence electrons. The first-order valence-corrected chi connectivity index (χ1v) is 9.39. The van der Waals surface area contributed by atoms with Crippen LogP contribution in [0.1, 0.15) is 41.7 Å². The summed E-state index contributed by atoms with van der Waals surface area (Å²) in [5.74, 6) is -1.07. The van der Waals surface area contributed by atoms with Gasteiger partial charge in [0.05, 0.1) is 23.5 Å². The number of hydrogen-bond acceptors (Lipinski definition) is 6. The summed E-state index contributed by atoms with van der Waals surface area (Å²) in [7, 11) is 1.78. The number of carbonyl (C=O) groups excluding carboxylic acids is 3. The lowest BCUT2D eigenvalue weighted by Gasteiger charge is -2.38. The van der Waals surface area contributed by atoms with Crippen molar-refractivity contribution in [1.29, 1.82) is 0 Å². The van der Waals surface area contributed by atoms with Crippen LogP contribution in [0, 0.1) is 5.92 Å². The molecular weight excluding hydrogens is 372 g/mol. The van der Waals surface area contributed by atoms with Crippen molar-refractivity contribution in [2.24, 2.45) is 11.7 Å². The van der Waals surface area contributed by atoms with Crippen molar-refractivity contribution >= 4 is 29.2 Å². The van der Waals surface area contributed by atoms with E-state index in [1.807, 2.05) is 12.1 Å². The van der Waals surface area contributed by atoms with E-state index >= 15 is 0 Å². The summed E-state index contributed by atoms with van der Waals surface area (Å²) in [6.45, 7) is 2.53.